The molecule has 1 N–H and O–H groups in total. The van der Waals surface area contributed by atoms with E-state index in [1.807, 2.05) is 56.4 Å². The predicted octanol–water partition coefficient (Wildman–Crippen LogP) is 5.04. The van der Waals surface area contributed by atoms with Crippen LogP contribution in [-0.4, -0.2) is 40.6 Å². The minimum absolute atomic E-state index is 0.101. The van der Waals surface area contributed by atoms with E-state index in [4.69, 9.17) is 14.5 Å². The Morgan fingerprint density at radius 2 is 1.94 bits per heavy atom. The first-order chi connectivity index (χ1) is 15.0. The van der Waals surface area contributed by atoms with Crippen molar-refractivity contribution in [3.05, 3.63) is 58.9 Å². The van der Waals surface area contributed by atoms with Gasteiger partial charge in [0.1, 0.15) is 0 Å². The number of carbonyl (C=O) groups excluding carboxylic acids is 1. The summed E-state index contributed by atoms with van der Waals surface area (Å²) in [5.74, 6) is 0.464. The maximum atomic E-state index is 12.7. The molecule has 4 rings (SSSR count). The summed E-state index contributed by atoms with van der Waals surface area (Å²) in [5.41, 5.74) is 5.66. The summed E-state index contributed by atoms with van der Waals surface area (Å²) >= 11 is 0. The molecule has 0 saturated heterocycles. The fraction of sp³-hybridized carbons (Fsp3) is 0.417. The molecule has 1 amide bonds. The number of anilines is 1. The van der Waals surface area contributed by atoms with Gasteiger partial charge in [0, 0.05) is 43.9 Å². The van der Waals surface area contributed by atoms with Crippen molar-refractivity contribution in [1.29, 1.82) is 0 Å². The van der Waals surface area contributed by atoms with E-state index >= 15 is 0 Å². The van der Waals surface area contributed by atoms with E-state index in [1.54, 1.807) is 12.0 Å². The molecule has 0 radical (unpaired) electrons. The number of ether oxygens (including phenoxy) is 2. The predicted molar refractivity (Wildman–Crippen MR) is 121 cm³/mol. The van der Waals surface area contributed by atoms with Crippen molar-refractivity contribution in [2.45, 2.75) is 46.3 Å². The number of imidazole rings is 1. The van der Waals surface area contributed by atoms with Crippen LogP contribution in [0.4, 0.5) is 10.5 Å². The number of aryl methyl sites for hydroxylation is 2. The number of hydrogen-bond acceptors (Lipinski definition) is 5. The van der Waals surface area contributed by atoms with Crippen LogP contribution in [0.25, 0.3) is 5.65 Å². The standard InChI is InChI=1S/C24H30N4O3/c1-6-27(7-2)24(29)31-21-13-18-20(30-5)14-19(17-11-9-8-10-12-17)26-22(18)23-25-15(3)16(4)28(21)23/h8-13,19-20,26H,6-7,14H2,1-5H3. The number of pyridine rings is 1. The Balaban J connectivity index is 1.84. The zero-order valence-electron chi connectivity index (χ0n) is 18.8. The molecule has 3 heterocycles. The van der Waals surface area contributed by atoms with E-state index in [9.17, 15) is 4.79 Å². The van der Waals surface area contributed by atoms with Gasteiger partial charge in [-0.1, -0.05) is 30.3 Å². The van der Waals surface area contributed by atoms with E-state index in [-0.39, 0.29) is 18.2 Å². The third kappa shape index (κ3) is 3.74. The first kappa shape index (κ1) is 21.2. The molecule has 0 fully saturated rings. The maximum absolute atomic E-state index is 12.7. The number of hydrogen-bond donors (Lipinski definition) is 1. The monoisotopic (exact) mass is 422 g/mol. The van der Waals surface area contributed by atoms with Gasteiger partial charge in [-0.2, -0.15) is 0 Å². The first-order valence-electron chi connectivity index (χ1n) is 10.8. The van der Waals surface area contributed by atoms with Crippen LogP contribution in [0, 0.1) is 13.8 Å². The molecule has 7 nitrogen and oxygen atoms in total. The number of nitrogens with one attached hydrogen (secondary N) is 1. The van der Waals surface area contributed by atoms with Gasteiger partial charge in [0.25, 0.3) is 0 Å². The molecule has 2 atom stereocenters. The summed E-state index contributed by atoms with van der Waals surface area (Å²) in [6, 6.07) is 12.4. The van der Waals surface area contributed by atoms with Gasteiger partial charge in [0.05, 0.1) is 23.5 Å². The summed E-state index contributed by atoms with van der Waals surface area (Å²) in [6.45, 7) is 9.01. The second-order valence-electron chi connectivity index (χ2n) is 7.86. The Hall–Kier alpha value is -3.06. The third-order valence-corrected chi connectivity index (χ3v) is 6.17. The van der Waals surface area contributed by atoms with Crippen molar-refractivity contribution in [1.82, 2.24) is 14.3 Å². The van der Waals surface area contributed by atoms with Crippen molar-refractivity contribution in [2.24, 2.45) is 0 Å². The maximum Gasteiger partial charge on any atom is 0.416 e. The topological polar surface area (TPSA) is 68.1 Å². The number of methoxy groups -OCH3 is 1. The second-order valence-corrected chi connectivity index (χ2v) is 7.86. The molecule has 0 bridgehead atoms. The number of rotatable bonds is 5. The van der Waals surface area contributed by atoms with Gasteiger partial charge in [-0.15, -0.1) is 0 Å². The average Bonchev–Trinajstić information content (AvgIpc) is 3.09. The quantitative estimate of drug-likeness (QED) is 0.624. The lowest BCUT2D eigenvalue weighted by molar-refractivity contribution is 0.0875. The molecule has 1 aliphatic heterocycles. The van der Waals surface area contributed by atoms with E-state index in [0.717, 1.165) is 34.7 Å². The van der Waals surface area contributed by atoms with Crippen LogP contribution in [0.1, 0.15) is 54.9 Å². The zero-order chi connectivity index (χ0) is 22.1. The Morgan fingerprint density at radius 3 is 2.58 bits per heavy atom. The highest BCUT2D eigenvalue weighted by atomic mass is 16.6. The van der Waals surface area contributed by atoms with Crippen LogP contribution in [0.5, 0.6) is 5.88 Å². The number of aromatic nitrogens is 2. The summed E-state index contributed by atoms with van der Waals surface area (Å²) in [7, 11) is 1.72. The molecular formula is C24H30N4O3. The Kier molecular flexibility index (Phi) is 5.87. The molecule has 1 aromatic carbocycles. The van der Waals surface area contributed by atoms with E-state index in [0.29, 0.717) is 19.0 Å². The van der Waals surface area contributed by atoms with Gasteiger partial charge >= 0.3 is 6.09 Å². The lowest BCUT2D eigenvalue weighted by Crippen LogP contribution is -2.33. The van der Waals surface area contributed by atoms with E-state index in [1.165, 1.54) is 5.56 Å². The van der Waals surface area contributed by atoms with Crippen LogP contribution < -0.4 is 10.1 Å². The summed E-state index contributed by atoms with van der Waals surface area (Å²) in [6.07, 6.45) is 0.262. The SMILES string of the molecule is CCN(CC)C(=O)Oc1cc2c(c3nc(C)c(C)n13)NC(c1ccccc1)CC2OC. The van der Waals surface area contributed by atoms with Gasteiger partial charge < -0.3 is 19.7 Å². The van der Waals surface area contributed by atoms with Crippen molar-refractivity contribution in [3.8, 4) is 5.88 Å². The highest BCUT2D eigenvalue weighted by Crippen LogP contribution is 2.44. The van der Waals surface area contributed by atoms with E-state index < -0.39 is 0 Å². The zero-order valence-corrected chi connectivity index (χ0v) is 18.8. The van der Waals surface area contributed by atoms with Gasteiger partial charge in [0.15, 0.2) is 5.65 Å². The molecule has 1 aliphatic rings. The lowest BCUT2D eigenvalue weighted by atomic mass is 9.91. The Bertz CT molecular complexity index is 1090. The molecule has 164 valence electrons. The van der Waals surface area contributed by atoms with Crippen LogP contribution in [-0.2, 0) is 4.74 Å². The number of carbonyl (C=O) groups is 1. The lowest BCUT2D eigenvalue weighted by Gasteiger charge is -2.33. The van der Waals surface area contributed by atoms with Crippen molar-refractivity contribution in [2.75, 3.05) is 25.5 Å². The molecule has 3 aromatic rings. The Labute approximate surface area is 183 Å². The molecule has 0 spiro atoms. The van der Waals surface area contributed by atoms with E-state index in [2.05, 4.69) is 17.4 Å². The highest BCUT2D eigenvalue weighted by Gasteiger charge is 2.32. The number of nitrogens with zero attached hydrogens (tertiary/aromatic N) is 3. The van der Waals surface area contributed by atoms with Crippen LogP contribution in [0.3, 0.4) is 0 Å². The largest absolute Gasteiger partial charge is 0.416 e. The number of benzene rings is 1. The van der Waals surface area contributed by atoms with Crippen molar-refractivity contribution >= 4 is 17.4 Å². The summed E-state index contributed by atoms with van der Waals surface area (Å²) in [5, 5.41) is 3.67. The molecule has 0 aliphatic carbocycles. The van der Waals surface area contributed by atoms with Crippen LogP contribution in [0.2, 0.25) is 0 Å². The van der Waals surface area contributed by atoms with Crippen LogP contribution in [0.15, 0.2) is 36.4 Å². The fourth-order valence-corrected chi connectivity index (χ4v) is 4.26. The Morgan fingerprint density at radius 1 is 1.23 bits per heavy atom. The normalized spacial score (nSPS) is 17.8. The highest BCUT2D eigenvalue weighted by molar-refractivity contribution is 5.78. The third-order valence-electron chi connectivity index (χ3n) is 6.17. The van der Waals surface area contributed by atoms with Gasteiger partial charge in [-0.05, 0) is 33.3 Å². The minimum Gasteiger partial charge on any atom is -0.393 e. The molecule has 31 heavy (non-hydrogen) atoms. The first-order valence-corrected chi connectivity index (χ1v) is 10.8. The van der Waals surface area contributed by atoms with Crippen molar-refractivity contribution in [3.63, 3.8) is 0 Å². The van der Waals surface area contributed by atoms with Gasteiger partial charge in [0.2, 0.25) is 5.88 Å². The number of fused-ring (bicyclic) bond motifs is 3. The van der Waals surface area contributed by atoms with Gasteiger partial charge in [-0.3, -0.25) is 4.40 Å². The molecule has 2 unspecified atom stereocenters. The summed E-state index contributed by atoms with van der Waals surface area (Å²) in [4.78, 5) is 19.2. The summed E-state index contributed by atoms with van der Waals surface area (Å²) < 4.78 is 13.7. The van der Waals surface area contributed by atoms with Crippen molar-refractivity contribution < 1.29 is 14.3 Å². The van der Waals surface area contributed by atoms with Crippen LogP contribution >= 0.6 is 0 Å². The second kappa shape index (κ2) is 8.59. The van der Waals surface area contributed by atoms with Gasteiger partial charge in [-0.25, -0.2) is 9.78 Å². The minimum atomic E-state index is -0.364. The fourth-order valence-electron chi connectivity index (χ4n) is 4.26. The molecular weight excluding hydrogens is 392 g/mol. The molecule has 7 heteroatoms. The molecule has 2 aromatic heterocycles. The smallest absolute Gasteiger partial charge is 0.393 e. The number of amides is 1. The molecule has 0 saturated carbocycles. The average molecular weight is 423 g/mol.